The van der Waals surface area contributed by atoms with Gasteiger partial charge >= 0.3 is 0 Å². The molecule has 0 atom stereocenters. The zero-order valence-electron chi connectivity index (χ0n) is 10.2. The fraction of sp³-hybridized carbons (Fsp3) is 0.333. The zero-order chi connectivity index (χ0) is 13.5. The second-order valence-electron chi connectivity index (χ2n) is 4.83. The summed E-state index contributed by atoms with van der Waals surface area (Å²) in [5, 5.41) is 0. The third-order valence-electron chi connectivity index (χ3n) is 2.33. The molecule has 1 aromatic heterocycles. The van der Waals surface area contributed by atoms with E-state index in [0.29, 0.717) is 19.7 Å². The third-order valence-corrected chi connectivity index (χ3v) is 4.06. The molecule has 0 N–H and O–H groups in total. The minimum Gasteiger partial charge on any atom is -0.450 e. The van der Waals surface area contributed by atoms with E-state index in [1.54, 1.807) is 23.1 Å². The van der Waals surface area contributed by atoms with Gasteiger partial charge in [-0.05, 0) is 48.8 Å². The Morgan fingerprint density at radius 1 is 1.44 bits per heavy atom. The smallest absolute Gasteiger partial charge is 0.266 e. The van der Waals surface area contributed by atoms with Crippen molar-refractivity contribution < 1.29 is 9.21 Å². The molecule has 2 rings (SSSR count). The van der Waals surface area contributed by atoms with Crippen LogP contribution in [0.5, 0.6) is 0 Å². The van der Waals surface area contributed by atoms with Crippen molar-refractivity contribution in [2.24, 2.45) is 0 Å². The summed E-state index contributed by atoms with van der Waals surface area (Å²) in [6.45, 7) is 5.89. The number of nitrogens with zero attached hydrogens (tertiary/aromatic N) is 1. The number of hydrogen-bond donors (Lipinski definition) is 0. The van der Waals surface area contributed by atoms with E-state index >= 15 is 0 Å². The van der Waals surface area contributed by atoms with Crippen molar-refractivity contribution in [3.05, 3.63) is 27.5 Å². The highest BCUT2D eigenvalue weighted by Crippen LogP contribution is 2.37. The molecule has 0 bridgehead atoms. The molecule has 3 nitrogen and oxygen atoms in total. The van der Waals surface area contributed by atoms with Gasteiger partial charge in [0, 0.05) is 11.6 Å². The Balaban J connectivity index is 2.31. The number of carbonyl (C=O) groups is 1. The van der Waals surface area contributed by atoms with Crippen molar-refractivity contribution in [2.75, 3.05) is 0 Å². The minimum absolute atomic E-state index is 0.0648. The highest BCUT2D eigenvalue weighted by molar-refractivity contribution is 9.10. The first kappa shape index (κ1) is 13.8. The van der Waals surface area contributed by atoms with E-state index in [1.165, 1.54) is 11.8 Å². The molecule has 1 amide bonds. The van der Waals surface area contributed by atoms with Gasteiger partial charge in [0.15, 0.2) is 4.67 Å². The van der Waals surface area contributed by atoms with Crippen LogP contribution in [-0.4, -0.2) is 20.7 Å². The second-order valence-corrected chi connectivity index (χ2v) is 7.29. The number of amides is 1. The van der Waals surface area contributed by atoms with E-state index in [1.807, 2.05) is 20.8 Å². The lowest BCUT2D eigenvalue weighted by atomic mass is 10.1. The maximum atomic E-state index is 12.3. The van der Waals surface area contributed by atoms with Gasteiger partial charge in [-0.2, -0.15) is 0 Å². The molecule has 0 unspecified atom stereocenters. The highest BCUT2D eigenvalue weighted by Gasteiger charge is 2.39. The minimum atomic E-state index is -0.305. The largest absolute Gasteiger partial charge is 0.450 e. The maximum Gasteiger partial charge on any atom is 0.266 e. The molecule has 1 aromatic rings. The highest BCUT2D eigenvalue weighted by atomic mass is 79.9. The standard InChI is InChI=1S/C12H12BrNO2S2/c1-12(2,3)14-10(15)8(18-11(14)17)6-7-4-5-9(13)16-7/h4-6H,1-3H3/b8-6+. The topological polar surface area (TPSA) is 33.5 Å². The lowest BCUT2D eigenvalue weighted by Gasteiger charge is -2.30. The third kappa shape index (κ3) is 2.70. The molecule has 0 aliphatic carbocycles. The van der Waals surface area contributed by atoms with Gasteiger partial charge in [-0.1, -0.05) is 24.0 Å². The van der Waals surface area contributed by atoms with Crippen molar-refractivity contribution in [1.82, 2.24) is 4.90 Å². The summed E-state index contributed by atoms with van der Waals surface area (Å²) in [6, 6.07) is 3.59. The normalized spacial score (nSPS) is 19.1. The number of halogens is 1. The van der Waals surface area contributed by atoms with Gasteiger partial charge in [-0.3, -0.25) is 9.69 Å². The number of furan rings is 1. The Labute approximate surface area is 124 Å². The molecular formula is C12H12BrNO2S2. The van der Waals surface area contributed by atoms with E-state index in [2.05, 4.69) is 15.9 Å². The van der Waals surface area contributed by atoms with Crippen molar-refractivity contribution in [3.63, 3.8) is 0 Å². The summed E-state index contributed by atoms with van der Waals surface area (Å²) in [4.78, 5) is 14.5. The monoisotopic (exact) mass is 345 g/mol. The summed E-state index contributed by atoms with van der Waals surface area (Å²) in [6.07, 6.45) is 1.72. The summed E-state index contributed by atoms with van der Waals surface area (Å²) in [5.74, 6) is 0.571. The van der Waals surface area contributed by atoms with E-state index in [9.17, 15) is 4.79 Å². The van der Waals surface area contributed by atoms with Crippen LogP contribution in [-0.2, 0) is 4.79 Å². The predicted octanol–water partition coefficient (Wildman–Crippen LogP) is 4.04. The Hall–Kier alpha value is -0.590. The summed E-state index contributed by atoms with van der Waals surface area (Å²) >= 11 is 9.79. The molecule has 1 aliphatic heterocycles. The van der Waals surface area contributed by atoms with Crippen LogP contribution >= 0.6 is 39.9 Å². The van der Waals surface area contributed by atoms with Crippen molar-refractivity contribution >= 4 is 56.2 Å². The summed E-state index contributed by atoms with van der Waals surface area (Å²) in [5.41, 5.74) is -0.305. The number of thiocarbonyl (C=S) groups is 1. The average Bonchev–Trinajstić information content (AvgIpc) is 2.71. The SMILES string of the molecule is CC(C)(C)N1C(=O)/C(=C\c2ccc(Br)o2)SC1=S. The van der Waals surface area contributed by atoms with Crippen LogP contribution < -0.4 is 0 Å². The predicted molar refractivity (Wildman–Crippen MR) is 81.2 cm³/mol. The molecular weight excluding hydrogens is 334 g/mol. The van der Waals surface area contributed by atoms with Crippen molar-refractivity contribution in [2.45, 2.75) is 26.3 Å². The van der Waals surface area contributed by atoms with E-state index in [-0.39, 0.29) is 11.4 Å². The molecule has 0 radical (unpaired) electrons. The number of thioether (sulfide) groups is 1. The van der Waals surface area contributed by atoms with Crippen LogP contribution in [0.15, 0.2) is 26.1 Å². The molecule has 1 aliphatic rings. The Morgan fingerprint density at radius 3 is 2.56 bits per heavy atom. The number of rotatable bonds is 1. The molecule has 6 heteroatoms. The fourth-order valence-corrected chi connectivity index (χ4v) is 3.52. The molecule has 96 valence electrons. The number of hydrogen-bond acceptors (Lipinski definition) is 4. The van der Waals surface area contributed by atoms with Crippen LogP contribution in [0.4, 0.5) is 0 Å². The first-order valence-electron chi connectivity index (χ1n) is 5.32. The summed E-state index contributed by atoms with van der Waals surface area (Å²) in [7, 11) is 0. The van der Waals surface area contributed by atoms with Crippen LogP contribution in [0.2, 0.25) is 0 Å². The molecule has 0 spiro atoms. The van der Waals surface area contributed by atoms with Crippen LogP contribution in [0, 0.1) is 0 Å². The number of carbonyl (C=O) groups excluding carboxylic acids is 1. The second kappa shape index (κ2) is 4.83. The molecule has 2 heterocycles. The molecule has 1 saturated heterocycles. The summed E-state index contributed by atoms with van der Waals surface area (Å²) < 4.78 is 6.59. The van der Waals surface area contributed by atoms with Crippen LogP contribution in [0.25, 0.3) is 6.08 Å². The lowest BCUT2D eigenvalue weighted by Crippen LogP contribution is -2.44. The van der Waals surface area contributed by atoms with Crippen LogP contribution in [0.3, 0.4) is 0 Å². The van der Waals surface area contributed by atoms with E-state index in [4.69, 9.17) is 16.6 Å². The van der Waals surface area contributed by atoms with Gasteiger partial charge < -0.3 is 4.42 Å². The quantitative estimate of drug-likeness (QED) is 0.568. The van der Waals surface area contributed by atoms with Gasteiger partial charge in [0.1, 0.15) is 10.1 Å². The van der Waals surface area contributed by atoms with Crippen LogP contribution in [0.1, 0.15) is 26.5 Å². The van der Waals surface area contributed by atoms with E-state index < -0.39 is 0 Å². The Kier molecular flexibility index (Phi) is 3.71. The first-order valence-corrected chi connectivity index (χ1v) is 7.34. The molecule has 0 saturated carbocycles. The lowest BCUT2D eigenvalue weighted by molar-refractivity contribution is -0.125. The Morgan fingerprint density at radius 2 is 2.11 bits per heavy atom. The molecule has 18 heavy (non-hydrogen) atoms. The first-order chi connectivity index (χ1) is 8.29. The van der Waals surface area contributed by atoms with Gasteiger partial charge in [-0.25, -0.2) is 0 Å². The van der Waals surface area contributed by atoms with Crippen molar-refractivity contribution in [1.29, 1.82) is 0 Å². The molecule has 0 aromatic carbocycles. The zero-order valence-corrected chi connectivity index (χ0v) is 13.4. The van der Waals surface area contributed by atoms with Gasteiger partial charge in [0.05, 0.1) is 4.91 Å². The van der Waals surface area contributed by atoms with Gasteiger partial charge in [0.25, 0.3) is 5.91 Å². The Bertz CT molecular complexity index is 543. The molecule has 1 fully saturated rings. The van der Waals surface area contributed by atoms with Gasteiger partial charge in [0.2, 0.25) is 0 Å². The van der Waals surface area contributed by atoms with E-state index in [0.717, 1.165) is 0 Å². The van der Waals surface area contributed by atoms with Gasteiger partial charge in [-0.15, -0.1) is 0 Å². The average molecular weight is 346 g/mol. The fourth-order valence-electron chi connectivity index (χ4n) is 1.58. The van der Waals surface area contributed by atoms with Crippen molar-refractivity contribution in [3.8, 4) is 0 Å². The maximum absolute atomic E-state index is 12.3.